The minimum atomic E-state index is -1.33. The maximum absolute atomic E-state index is 14.0. The van der Waals surface area contributed by atoms with E-state index in [0.29, 0.717) is 22.8 Å². The SMILES string of the molecule is Cc1nc(OCc2ccc(F)cc2F)c(Cl)c(=O)n1-c1c(F)cc(F)cc1F. The second kappa shape index (κ2) is 7.59. The number of rotatable bonds is 4. The van der Waals surface area contributed by atoms with Crippen molar-refractivity contribution in [3.05, 3.63) is 86.2 Å². The molecule has 0 spiro atoms. The fraction of sp³-hybridized carbons (Fsp3) is 0.111. The molecule has 0 amide bonds. The average molecular weight is 417 g/mol. The summed E-state index contributed by atoms with van der Waals surface area (Å²) in [6.45, 7) is 0.812. The molecule has 0 radical (unpaired) electrons. The van der Waals surface area contributed by atoms with E-state index in [9.17, 15) is 26.7 Å². The van der Waals surface area contributed by atoms with E-state index in [0.717, 1.165) is 12.1 Å². The van der Waals surface area contributed by atoms with Crippen molar-refractivity contribution in [1.29, 1.82) is 0 Å². The van der Waals surface area contributed by atoms with Gasteiger partial charge >= 0.3 is 0 Å². The molecular formula is C18H10ClF5N2O2. The van der Waals surface area contributed by atoms with Crippen molar-refractivity contribution in [3.8, 4) is 11.6 Å². The highest BCUT2D eigenvalue weighted by atomic mass is 35.5. The molecule has 2 aromatic carbocycles. The molecule has 146 valence electrons. The monoisotopic (exact) mass is 416 g/mol. The molecule has 0 unspecified atom stereocenters. The highest BCUT2D eigenvalue weighted by Gasteiger charge is 2.21. The number of benzene rings is 2. The first kappa shape index (κ1) is 19.8. The average Bonchev–Trinajstić information content (AvgIpc) is 2.60. The summed E-state index contributed by atoms with van der Waals surface area (Å²) >= 11 is 5.89. The van der Waals surface area contributed by atoms with E-state index >= 15 is 0 Å². The van der Waals surface area contributed by atoms with Gasteiger partial charge in [-0.3, -0.25) is 9.36 Å². The molecule has 1 aromatic heterocycles. The summed E-state index contributed by atoms with van der Waals surface area (Å²) in [5, 5.41) is -0.628. The Kier molecular flexibility index (Phi) is 5.37. The van der Waals surface area contributed by atoms with Gasteiger partial charge in [0.25, 0.3) is 5.56 Å². The third-order valence-corrected chi connectivity index (χ3v) is 4.07. The fourth-order valence-corrected chi connectivity index (χ4v) is 2.66. The fourth-order valence-electron chi connectivity index (χ4n) is 2.47. The molecule has 3 aromatic rings. The number of ether oxygens (including phenoxy) is 1. The molecule has 0 N–H and O–H groups in total. The van der Waals surface area contributed by atoms with Gasteiger partial charge in [-0.2, -0.15) is 4.98 Å². The van der Waals surface area contributed by atoms with E-state index in [1.807, 2.05) is 0 Å². The molecule has 0 aliphatic heterocycles. The van der Waals surface area contributed by atoms with Gasteiger partial charge in [0.05, 0.1) is 0 Å². The zero-order chi connectivity index (χ0) is 20.6. The van der Waals surface area contributed by atoms with Crippen molar-refractivity contribution in [3.63, 3.8) is 0 Å². The van der Waals surface area contributed by atoms with Crippen LogP contribution in [0.4, 0.5) is 22.0 Å². The van der Waals surface area contributed by atoms with Crippen molar-refractivity contribution in [2.45, 2.75) is 13.5 Å². The molecule has 0 saturated heterocycles. The topological polar surface area (TPSA) is 44.1 Å². The van der Waals surface area contributed by atoms with Gasteiger partial charge in [0.15, 0.2) is 16.7 Å². The van der Waals surface area contributed by atoms with Crippen LogP contribution in [0.2, 0.25) is 5.02 Å². The smallest absolute Gasteiger partial charge is 0.281 e. The first-order valence-electron chi connectivity index (χ1n) is 7.70. The van der Waals surface area contributed by atoms with Crippen molar-refractivity contribution >= 4 is 11.6 Å². The van der Waals surface area contributed by atoms with Gasteiger partial charge < -0.3 is 4.74 Å². The predicted octanol–water partition coefficient (Wildman–Crippen LogP) is 4.47. The first-order chi connectivity index (χ1) is 13.2. The standard InChI is InChI=1S/C18H10ClF5N2O2/c1-8-25-17(28-7-9-2-3-10(20)4-12(9)22)15(19)18(27)26(8)16-13(23)5-11(21)6-14(16)24/h2-6H,7H2,1H3. The Hall–Kier alpha value is -2.94. The minimum Gasteiger partial charge on any atom is -0.471 e. The lowest BCUT2D eigenvalue weighted by Gasteiger charge is -2.14. The summed E-state index contributed by atoms with van der Waals surface area (Å²) in [6.07, 6.45) is 0. The van der Waals surface area contributed by atoms with Crippen LogP contribution in [-0.2, 0) is 6.61 Å². The van der Waals surface area contributed by atoms with E-state index in [4.69, 9.17) is 16.3 Å². The molecular weight excluding hydrogens is 407 g/mol. The number of aromatic nitrogens is 2. The maximum Gasteiger partial charge on any atom is 0.281 e. The van der Waals surface area contributed by atoms with Gasteiger partial charge in [0, 0.05) is 23.8 Å². The quantitative estimate of drug-likeness (QED) is 0.589. The normalized spacial score (nSPS) is 11.0. The van der Waals surface area contributed by atoms with Crippen molar-refractivity contribution in [2.24, 2.45) is 0 Å². The second-order valence-electron chi connectivity index (χ2n) is 5.66. The Labute approximate surface area is 159 Å². The highest BCUT2D eigenvalue weighted by molar-refractivity contribution is 6.31. The zero-order valence-corrected chi connectivity index (χ0v) is 14.8. The molecule has 0 saturated carbocycles. The van der Waals surface area contributed by atoms with Gasteiger partial charge in [-0.25, -0.2) is 22.0 Å². The number of halogens is 6. The molecule has 0 aliphatic rings. The highest BCUT2D eigenvalue weighted by Crippen LogP contribution is 2.24. The Morgan fingerprint density at radius 3 is 2.21 bits per heavy atom. The summed E-state index contributed by atoms with van der Waals surface area (Å²) in [7, 11) is 0. The number of hydrogen-bond donors (Lipinski definition) is 0. The van der Waals surface area contributed by atoms with Gasteiger partial charge in [0.2, 0.25) is 5.88 Å². The van der Waals surface area contributed by atoms with E-state index < -0.39 is 57.8 Å². The van der Waals surface area contributed by atoms with E-state index in [1.54, 1.807) is 0 Å². The Balaban J connectivity index is 2.01. The lowest BCUT2D eigenvalue weighted by Crippen LogP contribution is -2.25. The molecule has 0 aliphatic carbocycles. The Bertz CT molecular complexity index is 1110. The van der Waals surface area contributed by atoms with E-state index in [-0.39, 0.29) is 11.4 Å². The first-order valence-corrected chi connectivity index (χ1v) is 8.07. The van der Waals surface area contributed by atoms with Crippen LogP contribution in [0, 0.1) is 36.0 Å². The molecule has 10 heteroatoms. The van der Waals surface area contributed by atoms with Gasteiger partial charge in [-0.15, -0.1) is 0 Å². The molecule has 0 fully saturated rings. The lowest BCUT2D eigenvalue weighted by molar-refractivity contribution is 0.285. The zero-order valence-electron chi connectivity index (χ0n) is 14.1. The van der Waals surface area contributed by atoms with Crippen LogP contribution in [-0.4, -0.2) is 9.55 Å². The van der Waals surface area contributed by atoms with Gasteiger partial charge in [-0.05, 0) is 19.1 Å². The van der Waals surface area contributed by atoms with Crippen LogP contribution < -0.4 is 10.3 Å². The lowest BCUT2D eigenvalue weighted by atomic mass is 10.2. The summed E-state index contributed by atoms with van der Waals surface area (Å²) in [4.78, 5) is 16.3. The summed E-state index contributed by atoms with van der Waals surface area (Å²) in [5.74, 6) is -6.11. The van der Waals surface area contributed by atoms with Crippen LogP contribution in [0.1, 0.15) is 11.4 Å². The summed E-state index contributed by atoms with van der Waals surface area (Å²) in [5.41, 5.74) is -1.96. The third kappa shape index (κ3) is 3.70. The van der Waals surface area contributed by atoms with Crippen LogP contribution in [0.25, 0.3) is 5.69 Å². The summed E-state index contributed by atoms with van der Waals surface area (Å²) in [6, 6.07) is 3.60. The molecule has 4 nitrogen and oxygen atoms in total. The van der Waals surface area contributed by atoms with Crippen LogP contribution in [0.15, 0.2) is 35.1 Å². The largest absolute Gasteiger partial charge is 0.471 e. The van der Waals surface area contributed by atoms with Gasteiger partial charge in [0.1, 0.15) is 35.6 Å². The van der Waals surface area contributed by atoms with Gasteiger partial charge in [-0.1, -0.05) is 11.6 Å². The molecule has 0 bridgehead atoms. The van der Waals surface area contributed by atoms with Crippen LogP contribution in [0.5, 0.6) is 5.88 Å². The van der Waals surface area contributed by atoms with Crippen LogP contribution >= 0.6 is 11.6 Å². The van der Waals surface area contributed by atoms with E-state index in [1.165, 1.54) is 6.92 Å². The second-order valence-corrected chi connectivity index (χ2v) is 6.04. The van der Waals surface area contributed by atoms with E-state index in [2.05, 4.69) is 4.98 Å². The van der Waals surface area contributed by atoms with Crippen molar-refractivity contribution in [1.82, 2.24) is 9.55 Å². The maximum atomic E-state index is 14.0. The number of hydrogen-bond acceptors (Lipinski definition) is 3. The molecule has 28 heavy (non-hydrogen) atoms. The number of aryl methyl sites for hydroxylation is 1. The summed E-state index contributed by atoms with van der Waals surface area (Å²) < 4.78 is 73.5. The molecule has 0 atom stereocenters. The van der Waals surface area contributed by atoms with Crippen molar-refractivity contribution in [2.75, 3.05) is 0 Å². The third-order valence-electron chi connectivity index (χ3n) is 3.75. The number of nitrogens with zero attached hydrogens (tertiary/aromatic N) is 2. The minimum absolute atomic E-state index is 0.0308. The predicted molar refractivity (Wildman–Crippen MR) is 90.1 cm³/mol. The van der Waals surface area contributed by atoms with Crippen molar-refractivity contribution < 1.29 is 26.7 Å². The van der Waals surface area contributed by atoms with Crippen LogP contribution in [0.3, 0.4) is 0 Å². The Morgan fingerprint density at radius 1 is 1.00 bits per heavy atom. The molecule has 1 heterocycles. The Morgan fingerprint density at radius 2 is 1.61 bits per heavy atom. The molecule has 3 rings (SSSR count).